The molecule has 140 valence electrons. The largest absolute Gasteiger partial charge is 0.528 e. The van der Waals surface area contributed by atoms with Gasteiger partial charge < -0.3 is 14.4 Å². The molecule has 1 amide bonds. The fourth-order valence-corrected chi connectivity index (χ4v) is 4.41. The fourth-order valence-electron chi connectivity index (χ4n) is 4.41. The van der Waals surface area contributed by atoms with E-state index in [4.69, 9.17) is 11.2 Å². The number of benzene rings is 1. The number of carbonyl (C=O) groups excluding carboxylic acids is 2. The van der Waals surface area contributed by atoms with Gasteiger partial charge in [-0.25, -0.2) is 4.79 Å². The predicted molar refractivity (Wildman–Crippen MR) is 101 cm³/mol. The fraction of sp³-hybridized carbons (Fsp3) is 0.455. The monoisotopic (exact) mass is 365 g/mol. The number of terminal acetylenes is 1. The molecule has 0 bridgehead atoms. The first-order chi connectivity index (χ1) is 13.0. The van der Waals surface area contributed by atoms with Crippen molar-refractivity contribution < 1.29 is 19.1 Å². The average Bonchev–Trinajstić information content (AvgIpc) is 3.44. The van der Waals surface area contributed by atoms with Crippen molar-refractivity contribution in [3.63, 3.8) is 0 Å². The van der Waals surface area contributed by atoms with Gasteiger partial charge in [0, 0.05) is 6.54 Å². The molecule has 2 heterocycles. The lowest BCUT2D eigenvalue weighted by Gasteiger charge is -2.30. The molecule has 27 heavy (non-hydrogen) atoms. The van der Waals surface area contributed by atoms with Gasteiger partial charge in [0.25, 0.3) is 5.91 Å². The lowest BCUT2D eigenvalue weighted by molar-refractivity contribution is -0.126. The van der Waals surface area contributed by atoms with E-state index in [1.165, 1.54) is 18.4 Å². The molecule has 1 aromatic rings. The minimum atomic E-state index is -0.963. The molecule has 0 N–H and O–H groups in total. The van der Waals surface area contributed by atoms with Crippen LogP contribution in [0.5, 0.6) is 0 Å². The number of nitrogens with zero attached hydrogens (tertiary/aromatic N) is 1. The van der Waals surface area contributed by atoms with Crippen LogP contribution in [0.3, 0.4) is 0 Å². The van der Waals surface area contributed by atoms with Crippen LogP contribution in [0.25, 0.3) is 5.57 Å². The summed E-state index contributed by atoms with van der Waals surface area (Å²) >= 11 is 0. The van der Waals surface area contributed by atoms with Crippen molar-refractivity contribution in [1.82, 2.24) is 4.90 Å². The van der Waals surface area contributed by atoms with Crippen molar-refractivity contribution >= 4 is 17.6 Å². The molecule has 5 heteroatoms. The number of amides is 1. The summed E-state index contributed by atoms with van der Waals surface area (Å²) in [6, 6.07) is 4.10. The Balaban J connectivity index is 1.82. The predicted octanol–water partition coefficient (Wildman–Crippen LogP) is 4.03. The van der Waals surface area contributed by atoms with Gasteiger partial charge >= 0.3 is 6.16 Å². The van der Waals surface area contributed by atoms with Crippen molar-refractivity contribution in [3.05, 3.63) is 40.1 Å². The zero-order valence-electron chi connectivity index (χ0n) is 15.7. The van der Waals surface area contributed by atoms with Gasteiger partial charge in [-0.2, -0.15) is 0 Å². The Hall–Kier alpha value is -2.74. The second-order valence-corrected chi connectivity index (χ2v) is 7.63. The lowest BCUT2D eigenvalue weighted by Crippen LogP contribution is -2.40. The van der Waals surface area contributed by atoms with Gasteiger partial charge in [-0.3, -0.25) is 4.79 Å². The SMILES string of the molecule is C#COC(=O)OC1=C(c2c(C)cc(C3CC3)cc2C)C(=O)N2CCCCC12. The normalized spacial score (nSPS) is 21.7. The van der Waals surface area contributed by atoms with Crippen molar-refractivity contribution in [3.8, 4) is 12.5 Å². The lowest BCUT2D eigenvalue weighted by atomic mass is 9.91. The van der Waals surface area contributed by atoms with Crippen LogP contribution in [-0.2, 0) is 14.3 Å². The molecule has 1 saturated carbocycles. The Morgan fingerprint density at radius 1 is 1.19 bits per heavy atom. The number of fused-ring (bicyclic) bond motifs is 1. The van der Waals surface area contributed by atoms with Crippen LogP contribution in [0, 0.1) is 26.4 Å². The molecule has 3 aliphatic rings. The first-order valence-electron chi connectivity index (χ1n) is 9.52. The number of ether oxygens (including phenoxy) is 2. The Labute approximate surface area is 159 Å². The number of aryl methyl sites for hydroxylation is 2. The molecule has 0 spiro atoms. The summed E-state index contributed by atoms with van der Waals surface area (Å²) in [6.45, 7) is 4.70. The Morgan fingerprint density at radius 2 is 1.89 bits per heavy atom. The Kier molecular flexibility index (Phi) is 4.43. The Morgan fingerprint density at radius 3 is 2.52 bits per heavy atom. The van der Waals surface area contributed by atoms with E-state index in [1.54, 1.807) is 0 Å². The van der Waals surface area contributed by atoms with Crippen molar-refractivity contribution in [2.45, 2.75) is 57.9 Å². The van der Waals surface area contributed by atoms with Gasteiger partial charge in [-0.1, -0.05) is 18.6 Å². The summed E-state index contributed by atoms with van der Waals surface area (Å²) in [5, 5.41) is 0. The molecule has 5 nitrogen and oxygen atoms in total. The zero-order valence-corrected chi connectivity index (χ0v) is 15.7. The van der Waals surface area contributed by atoms with Crippen LogP contribution < -0.4 is 0 Å². The number of carbonyl (C=O) groups is 2. The number of hydrogen-bond donors (Lipinski definition) is 0. The highest BCUT2D eigenvalue weighted by Gasteiger charge is 2.44. The maximum atomic E-state index is 13.2. The molecule has 2 aliphatic heterocycles. The number of rotatable bonds is 3. The summed E-state index contributed by atoms with van der Waals surface area (Å²) < 4.78 is 10.00. The van der Waals surface area contributed by atoms with E-state index >= 15 is 0 Å². The molecule has 1 unspecified atom stereocenters. The maximum Gasteiger partial charge on any atom is 0.528 e. The molecule has 0 aromatic heterocycles. The number of piperidine rings is 1. The van der Waals surface area contributed by atoms with Gasteiger partial charge in [-0.15, -0.1) is 0 Å². The molecule has 2 fully saturated rings. The highest BCUT2D eigenvalue weighted by molar-refractivity contribution is 6.23. The minimum absolute atomic E-state index is 0.0754. The molecule has 0 radical (unpaired) electrons. The highest BCUT2D eigenvalue weighted by atomic mass is 16.7. The summed E-state index contributed by atoms with van der Waals surface area (Å²) in [6.07, 6.45) is 11.1. The first kappa shape index (κ1) is 17.7. The standard InChI is InChI=1S/C22H23NO4/c1-4-26-22(25)27-20-17-7-5-6-10-23(17)21(24)19(20)18-13(2)11-16(12-14(18)3)15-8-9-15/h1,11-12,15,17H,5-10H2,2-3H3. The van der Waals surface area contributed by atoms with Crippen molar-refractivity contribution in [2.24, 2.45) is 0 Å². The Bertz CT molecular complexity index is 865. The van der Waals surface area contributed by atoms with E-state index in [2.05, 4.69) is 16.9 Å². The molecule has 4 rings (SSSR count). The maximum absolute atomic E-state index is 13.2. The van der Waals surface area contributed by atoms with Gasteiger partial charge in [-0.05, 0) is 74.1 Å². The summed E-state index contributed by atoms with van der Waals surface area (Å²) in [5.74, 6) is 0.941. The van der Waals surface area contributed by atoms with E-state index in [9.17, 15) is 9.59 Å². The van der Waals surface area contributed by atoms with Gasteiger partial charge in [0.05, 0.1) is 11.6 Å². The van der Waals surface area contributed by atoms with Crippen LogP contribution in [0.4, 0.5) is 4.79 Å². The molecular formula is C22H23NO4. The van der Waals surface area contributed by atoms with E-state index < -0.39 is 6.16 Å². The van der Waals surface area contributed by atoms with Crippen LogP contribution in [-0.4, -0.2) is 29.5 Å². The topological polar surface area (TPSA) is 55.8 Å². The zero-order chi connectivity index (χ0) is 19.1. The summed E-state index contributed by atoms with van der Waals surface area (Å²) in [7, 11) is 0. The van der Waals surface area contributed by atoms with E-state index in [0.717, 1.165) is 36.0 Å². The van der Waals surface area contributed by atoms with Crippen LogP contribution in [0.15, 0.2) is 17.9 Å². The first-order valence-corrected chi connectivity index (χ1v) is 9.52. The third-order valence-electron chi connectivity index (χ3n) is 5.72. The molecule has 1 aliphatic carbocycles. The molecule has 1 aromatic carbocycles. The van der Waals surface area contributed by atoms with E-state index in [0.29, 0.717) is 23.8 Å². The van der Waals surface area contributed by atoms with Gasteiger partial charge in [0.2, 0.25) is 0 Å². The summed E-state index contributed by atoms with van der Waals surface area (Å²) in [5.41, 5.74) is 4.74. The van der Waals surface area contributed by atoms with Crippen molar-refractivity contribution in [2.75, 3.05) is 6.54 Å². The quantitative estimate of drug-likeness (QED) is 0.599. The van der Waals surface area contributed by atoms with Gasteiger partial charge in [0.15, 0.2) is 0 Å². The summed E-state index contributed by atoms with van der Waals surface area (Å²) in [4.78, 5) is 27.0. The van der Waals surface area contributed by atoms with Crippen LogP contribution >= 0.6 is 0 Å². The third kappa shape index (κ3) is 3.10. The molecule has 1 atom stereocenters. The highest BCUT2D eigenvalue weighted by Crippen LogP contribution is 2.44. The minimum Gasteiger partial charge on any atom is -0.396 e. The van der Waals surface area contributed by atoms with Gasteiger partial charge in [0.1, 0.15) is 11.9 Å². The molecule has 1 saturated heterocycles. The van der Waals surface area contributed by atoms with Crippen molar-refractivity contribution in [1.29, 1.82) is 0 Å². The molecular weight excluding hydrogens is 342 g/mol. The third-order valence-corrected chi connectivity index (χ3v) is 5.72. The second kappa shape index (κ2) is 6.77. The average molecular weight is 365 g/mol. The van der Waals surface area contributed by atoms with Crippen LogP contribution in [0.1, 0.15) is 60.3 Å². The van der Waals surface area contributed by atoms with E-state index in [-0.39, 0.29) is 11.9 Å². The number of hydrogen-bond acceptors (Lipinski definition) is 4. The second-order valence-electron chi connectivity index (χ2n) is 7.63. The van der Waals surface area contributed by atoms with E-state index in [1.807, 2.05) is 24.9 Å². The van der Waals surface area contributed by atoms with Crippen LogP contribution in [0.2, 0.25) is 0 Å². The smallest absolute Gasteiger partial charge is 0.396 e.